The van der Waals surface area contributed by atoms with E-state index in [-0.39, 0.29) is 0 Å². The molecule has 1 fully saturated rings. The molecule has 18 heavy (non-hydrogen) atoms. The van der Waals surface area contributed by atoms with Crippen LogP contribution in [-0.4, -0.2) is 29.0 Å². The van der Waals surface area contributed by atoms with Crippen LogP contribution in [0.15, 0.2) is 31.0 Å². The van der Waals surface area contributed by atoms with Gasteiger partial charge < -0.3 is 5.32 Å². The lowest BCUT2D eigenvalue weighted by molar-refractivity contribution is 0.307. The van der Waals surface area contributed by atoms with Gasteiger partial charge in [-0.1, -0.05) is 19.1 Å². The molecule has 1 heterocycles. The molecule has 1 aliphatic carbocycles. The van der Waals surface area contributed by atoms with E-state index in [1.807, 2.05) is 12.3 Å². The molecule has 0 unspecified atom stereocenters. The average Bonchev–Trinajstić information content (AvgIpc) is 3.21. The monoisotopic (exact) mass is 245 g/mol. The summed E-state index contributed by atoms with van der Waals surface area (Å²) in [7, 11) is 0. The summed E-state index contributed by atoms with van der Waals surface area (Å²) in [6.45, 7) is 9.74. The van der Waals surface area contributed by atoms with Crippen LogP contribution in [0.3, 0.4) is 0 Å². The fraction of sp³-hybridized carbons (Fsp3) is 0.533. The van der Waals surface area contributed by atoms with Gasteiger partial charge in [-0.05, 0) is 31.0 Å². The molecule has 3 heteroatoms. The number of nitrogens with one attached hydrogen (secondary N) is 1. The highest BCUT2D eigenvalue weighted by Crippen LogP contribution is 2.19. The van der Waals surface area contributed by atoms with Crippen LogP contribution < -0.4 is 5.32 Å². The van der Waals surface area contributed by atoms with E-state index < -0.39 is 0 Å². The van der Waals surface area contributed by atoms with Crippen LogP contribution in [0.5, 0.6) is 0 Å². The third kappa shape index (κ3) is 4.24. The Morgan fingerprint density at radius 3 is 2.89 bits per heavy atom. The van der Waals surface area contributed by atoms with Gasteiger partial charge in [0.05, 0.1) is 5.69 Å². The Balaban J connectivity index is 1.83. The Morgan fingerprint density at radius 1 is 1.50 bits per heavy atom. The quantitative estimate of drug-likeness (QED) is 0.713. The first-order valence-electron chi connectivity index (χ1n) is 6.82. The van der Waals surface area contributed by atoms with E-state index in [0.29, 0.717) is 0 Å². The van der Waals surface area contributed by atoms with Gasteiger partial charge in [-0.2, -0.15) is 0 Å². The van der Waals surface area contributed by atoms with Gasteiger partial charge in [-0.25, -0.2) is 0 Å². The van der Waals surface area contributed by atoms with E-state index in [1.54, 1.807) is 0 Å². The third-order valence-corrected chi connectivity index (χ3v) is 3.28. The number of nitrogens with zero attached hydrogens (tertiary/aromatic N) is 2. The predicted octanol–water partition coefficient (Wildman–Crippen LogP) is 2.34. The van der Waals surface area contributed by atoms with Gasteiger partial charge in [-0.3, -0.25) is 9.88 Å². The molecule has 1 aliphatic rings. The number of pyridine rings is 1. The molecular formula is C15H23N3. The Morgan fingerprint density at radius 2 is 2.33 bits per heavy atom. The molecule has 0 aliphatic heterocycles. The molecule has 0 spiro atoms. The molecule has 1 N–H and O–H groups in total. The standard InChI is InChI=1S/C15H23N3/c1-3-9-18(4-2)12-15-6-5-13(11-17-15)10-16-14-7-8-14/h3,5-6,11,14,16H,1,4,7-10,12H2,2H3. The number of hydrogen-bond acceptors (Lipinski definition) is 3. The maximum absolute atomic E-state index is 4.53. The fourth-order valence-corrected chi connectivity index (χ4v) is 1.92. The number of hydrogen-bond donors (Lipinski definition) is 1. The number of likely N-dealkylation sites (N-methyl/N-ethyl adjacent to an activating group) is 1. The predicted molar refractivity (Wildman–Crippen MR) is 75.2 cm³/mol. The smallest absolute Gasteiger partial charge is 0.0544 e. The van der Waals surface area contributed by atoms with Crippen LogP contribution in [-0.2, 0) is 13.1 Å². The van der Waals surface area contributed by atoms with Crippen molar-refractivity contribution in [3.8, 4) is 0 Å². The second kappa shape index (κ2) is 6.66. The van der Waals surface area contributed by atoms with Crippen molar-refractivity contribution in [2.24, 2.45) is 0 Å². The van der Waals surface area contributed by atoms with E-state index in [9.17, 15) is 0 Å². The molecule has 1 saturated carbocycles. The maximum Gasteiger partial charge on any atom is 0.0544 e. The van der Waals surface area contributed by atoms with Crippen molar-refractivity contribution in [3.63, 3.8) is 0 Å². The van der Waals surface area contributed by atoms with E-state index in [2.05, 4.69) is 40.8 Å². The summed E-state index contributed by atoms with van der Waals surface area (Å²) in [5.41, 5.74) is 2.41. The van der Waals surface area contributed by atoms with Gasteiger partial charge in [0, 0.05) is 31.9 Å². The fourth-order valence-electron chi connectivity index (χ4n) is 1.92. The summed E-state index contributed by atoms with van der Waals surface area (Å²) in [6, 6.07) is 5.07. The second-order valence-electron chi connectivity index (χ2n) is 4.93. The molecule has 0 amide bonds. The first-order chi connectivity index (χ1) is 8.81. The summed E-state index contributed by atoms with van der Waals surface area (Å²) in [5.74, 6) is 0. The van der Waals surface area contributed by atoms with Gasteiger partial charge in [0.1, 0.15) is 0 Å². The van der Waals surface area contributed by atoms with Crippen molar-refractivity contribution in [1.82, 2.24) is 15.2 Å². The molecule has 1 aromatic heterocycles. The second-order valence-corrected chi connectivity index (χ2v) is 4.93. The normalized spacial score (nSPS) is 15.0. The summed E-state index contributed by atoms with van der Waals surface area (Å²) < 4.78 is 0. The van der Waals surface area contributed by atoms with E-state index in [4.69, 9.17) is 0 Å². The number of aromatic nitrogens is 1. The molecule has 0 bridgehead atoms. The molecular weight excluding hydrogens is 222 g/mol. The summed E-state index contributed by atoms with van der Waals surface area (Å²) in [6.07, 6.45) is 6.60. The summed E-state index contributed by atoms with van der Waals surface area (Å²) >= 11 is 0. The maximum atomic E-state index is 4.53. The molecule has 0 radical (unpaired) electrons. The zero-order valence-electron chi connectivity index (χ0n) is 11.2. The van der Waals surface area contributed by atoms with Crippen LogP contribution >= 0.6 is 0 Å². The lowest BCUT2D eigenvalue weighted by Gasteiger charge is -2.17. The minimum Gasteiger partial charge on any atom is -0.310 e. The van der Waals surface area contributed by atoms with Crippen molar-refractivity contribution in [1.29, 1.82) is 0 Å². The van der Waals surface area contributed by atoms with Gasteiger partial charge in [0.15, 0.2) is 0 Å². The Bertz CT molecular complexity index is 368. The topological polar surface area (TPSA) is 28.2 Å². The lowest BCUT2D eigenvalue weighted by atomic mass is 10.2. The Hall–Kier alpha value is -1.19. The molecule has 0 atom stereocenters. The zero-order valence-corrected chi connectivity index (χ0v) is 11.2. The highest BCUT2D eigenvalue weighted by atomic mass is 15.1. The lowest BCUT2D eigenvalue weighted by Crippen LogP contribution is -2.23. The SMILES string of the molecule is C=CCN(CC)Cc1ccc(CNC2CC2)cn1. The van der Waals surface area contributed by atoms with Crippen molar-refractivity contribution in [3.05, 3.63) is 42.2 Å². The Labute approximate surface area is 110 Å². The minimum atomic E-state index is 0.757. The molecule has 2 rings (SSSR count). The minimum absolute atomic E-state index is 0.757. The van der Waals surface area contributed by atoms with E-state index in [0.717, 1.165) is 37.9 Å². The van der Waals surface area contributed by atoms with Crippen LogP contribution in [0, 0.1) is 0 Å². The van der Waals surface area contributed by atoms with Crippen LogP contribution in [0.1, 0.15) is 31.0 Å². The van der Waals surface area contributed by atoms with Gasteiger partial charge in [-0.15, -0.1) is 6.58 Å². The first-order valence-corrected chi connectivity index (χ1v) is 6.82. The summed E-state index contributed by atoms with van der Waals surface area (Å²) in [4.78, 5) is 6.85. The van der Waals surface area contributed by atoms with Crippen LogP contribution in [0.4, 0.5) is 0 Å². The highest BCUT2D eigenvalue weighted by Gasteiger charge is 2.19. The molecule has 0 saturated heterocycles. The third-order valence-electron chi connectivity index (χ3n) is 3.28. The largest absolute Gasteiger partial charge is 0.310 e. The average molecular weight is 245 g/mol. The highest BCUT2D eigenvalue weighted by molar-refractivity contribution is 5.14. The van der Waals surface area contributed by atoms with E-state index >= 15 is 0 Å². The van der Waals surface area contributed by atoms with Crippen molar-refractivity contribution >= 4 is 0 Å². The Kier molecular flexibility index (Phi) is 4.90. The van der Waals surface area contributed by atoms with Gasteiger partial charge >= 0.3 is 0 Å². The van der Waals surface area contributed by atoms with Crippen molar-refractivity contribution in [2.75, 3.05) is 13.1 Å². The van der Waals surface area contributed by atoms with Gasteiger partial charge in [0.25, 0.3) is 0 Å². The molecule has 1 aromatic rings. The van der Waals surface area contributed by atoms with Crippen molar-refractivity contribution in [2.45, 2.75) is 38.9 Å². The van der Waals surface area contributed by atoms with Crippen molar-refractivity contribution < 1.29 is 0 Å². The van der Waals surface area contributed by atoms with Crippen LogP contribution in [0.2, 0.25) is 0 Å². The molecule has 3 nitrogen and oxygen atoms in total. The summed E-state index contributed by atoms with van der Waals surface area (Å²) in [5, 5.41) is 3.50. The molecule has 98 valence electrons. The first kappa shape index (κ1) is 13.2. The van der Waals surface area contributed by atoms with Gasteiger partial charge in [0.2, 0.25) is 0 Å². The van der Waals surface area contributed by atoms with Crippen LogP contribution in [0.25, 0.3) is 0 Å². The molecule has 0 aromatic carbocycles. The van der Waals surface area contributed by atoms with E-state index in [1.165, 1.54) is 18.4 Å². The number of rotatable bonds is 8. The zero-order chi connectivity index (χ0) is 12.8.